The van der Waals surface area contributed by atoms with Crippen molar-refractivity contribution in [1.82, 2.24) is 19.5 Å². The zero-order valence-corrected chi connectivity index (χ0v) is 11.9. The van der Waals surface area contributed by atoms with Crippen molar-refractivity contribution in [2.45, 2.75) is 31.0 Å². The second kappa shape index (κ2) is 4.43. The number of rotatable bonds is 2. The van der Waals surface area contributed by atoms with Gasteiger partial charge in [-0.2, -0.15) is 4.98 Å². The molecular weight excluding hydrogens is 310 g/mol. The molecule has 2 aliphatic heterocycles. The highest BCUT2D eigenvalue weighted by molar-refractivity contribution is 5.71. The fraction of sp³-hybridized carbons (Fsp3) is 0.500. The summed E-state index contributed by atoms with van der Waals surface area (Å²) in [5, 5.41) is 9.44. The lowest BCUT2D eigenvalue weighted by Crippen LogP contribution is -2.41. The van der Waals surface area contributed by atoms with Gasteiger partial charge in [-0.05, 0) is 6.92 Å². The third kappa shape index (κ3) is 1.77. The average molecular weight is 323 g/mol. The highest BCUT2D eigenvalue weighted by Gasteiger charge is 2.64. The van der Waals surface area contributed by atoms with E-state index in [1.807, 2.05) is 0 Å². The summed E-state index contributed by atoms with van der Waals surface area (Å²) in [6.45, 7) is 1.25. The Morgan fingerprint density at radius 1 is 1.52 bits per heavy atom. The van der Waals surface area contributed by atoms with Gasteiger partial charge in [0.2, 0.25) is 5.95 Å². The Hall–Kier alpha value is -2.66. The molecule has 11 heteroatoms. The van der Waals surface area contributed by atoms with E-state index in [0.717, 1.165) is 0 Å². The summed E-state index contributed by atoms with van der Waals surface area (Å²) in [7, 11) is 0. The van der Waals surface area contributed by atoms with Crippen molar-refractivity contribution < 1.29 is 24.1 Å². The van der Waals surface area contributed by atoms with Gasteiger partial charge in [-0.25, -0.2) is 9.78 Å². The predicted octanol–water partition coefficient (Wildman–Crippen LogP) is -1.11. The predicted molar refractivity (Wildman–Crippen MR) is 73.3 cm³/mol. The van der Waals surface area contributed by atoms with Gasteiger partial charge in [-0.1, -0.05) is 0 Å². The van der Waals surface area contributed by atoms with Crippen molar-refractivity contribution in [3.05, 3.63) is 16.7 Å². The molecule has 0 aliphatic carbocycles. The number of fused-ring (bicyclic) bond motifs is 2. The molecule has 11 nitrogen and oxygen atoms in total. The molecule has 0 spiro atoms. The SMILES string of the molecule is C[C@@]12OC(=O)O[C@@H]1[C@@H](CO)O[C@H]2n1cnc2c(=O)[nH]c(N)nc21. The van der Waals surface area contributed by atoms with E-state index in [2.05, 4.69) is 15.0 Å². The summed E-state index contributed by atoms with van der Waals surface area (Å²) >= 11 is 0. The van der Waals surface area contributed by atoms with E-state index in [1.54, 1.807) is 6.92 Å². The number of aromatic nitrogens is 4. The minimum atomic E-state index is -1.20. The minimum Gasteiger partial charge on any atom is -0.424 e. The van der Waals surface area contributed by atoms with Crippen LogP contribution in [0.1, 0.15) is 13.2 Å². The number of nitrogens with one attached hydrogen (secondary N) is 1. The maximum Gasteiger partial charge on any atom is 0.509 e. The van der Waals surface area contributed by atoms with Gasteiger partial charge in [0.1, 0.15) is 6.10 Å². The van der Waals surface area contributed by atoms with Gasteiger partial charge >= 0.3 is 6.16 Å². The van der Waals surface area contributed by atoms with Gasteiger partial charge in [0.25, 0.3) is 5.56 Å². The molecule has 2 saturated heterocycles. The molecule has 23 heavy (non-hydrogen) atoms. The van der Waals surface area contributed by atoms with Crippen molar-refractivity contribution in [1.29, 1.82) is 0 Å². The number of H-pyrrole nitrogens is 1. The van der Waals surface area contributed by atoms with E-state index in [1.165, 1.54) is 10.9 Å². The Kier molecular flexibility index (Phi) is 2.69. The molecule has 4 atom stereocenters. The summed E-state index contributed by atoms with van der Waals surface area (Å²) in [6.07, 6.45) is -1.95. The Bertz CT molecular complexity index is 861. The van der Waals surface area contributed by atoms with E-state index in [-0.39, 0.29) is 23.7 Å². The van der Waals surface area contributed by atoms with Crippen LogP contribution in [-0.4, -0.2) is 55.2 Å². The zero-order chi connectivity index (χ0) is 16.4. The topological polar surface area (TPSA) is 155 Å². The lowest BCUT2D eigenvalue weighted by Gasteiger charge is -2.26. The lowest BCUT2D eigenvalue weighted by molar-refractivity contribution is -0.0908. The number of imidazole rings is 1. The number of aliphatic hydroxyl groups is 1. The molecule has 4 N–H and O–H groups in total. The average Bonchev–Trinajstić information content (AvgIpc) is 3.08. The van der Waals surface area contributed by atoms with Crippen LogP contribution in [0.25, 0.3) is 11.2 Å². The summed E-state index contributed by atoms with van der Waals surface area (Å²) < 4.78 is 17.5. The van der Waals surface area contributed by atoms with E-state index in [4.69, 9.17) is 19.9 Å². The standard InChI is InChI=1S/C12H13N5O6/c1-12-6(22-11(20)23-12)4(2-18)21-9(12)17-3-14-5-7(17)15-10(13)16-8(5)19/h3-4,6,9,18H,2H2,1H3,(H3,13,15,16,19)/t4-,6-,9-,12-/m1/s1. The van der Waals surface area contributed by atoms with Crippen molar-refractivity contribution in [2.75, 3.05) is 12.3 Å². The van der Waals surface area contributed by atoms with Crippen molar-refractivity contribution >= 4 is 23.3 Å². The molecule has 2 aliphatic rings. The fourth-order valence-corrected chi connectivity index (χ4v) is 3.09. The molecule has 0 saturated carbocycles. The Labute approximate surface area is 128 Å². The molecule has 4 rings (SSSR count). The van der Waals surface area contributed by atoms with E-state index in [9.17, 15) is 14.7 Å². The number of hydrogen-bond donors (Lipinski definition) is 3. The fourth-order valence-electron chi connectivity index (χ4n) is 3.09. The monoisotopic (exact) mass is 323 g/mol. The number of nitrogens with two attached hydrogens (primary N) is 1. The van der Waals surface area contributed by atoms with Crippen molar-refractivity contribution in [3.63, 3.8) is 0 Å². The third-order valence-electron chi connectivity index (χ3n) is 4.11. The summed E-state index contributed by atoms with van der Waals surface area (Å²) in [6, 6.07) is 0. The number of ether oxygens (including phenoxy) is 3. The number of aromatic amines is 1. The minimum absolute atomic E-state index is 0.0700. The van der Waals surface area contributed by atoms with Crippen LogP contribution >= 0.6 is 0 Å². The summed E-state index contributed by atoms with van der Waals surface area (Å²) in [5.74, 6) is -0.0812. The molecule has 0 bridgehead atoms. The number of hydrogen-bond acceptors (Lipinski definition) is 9. The van der Waals surface area contributed by atoms with Gasteiger partial charge in [0.05, 0.1) is 12.9 Å². The van der Waals surface area contributed by atoms with Gasteiger partial charge in [0.15, 0.2) is 29.1 Å². The van der Waals surface area contributed by atoms with Crippen LogP contribution in [0, 0.1) is 0 Å². The normalized spacial score (nSPS) is 32.8. The summed E-state index contributed by atoms with van der Waals surface area (Å²) in [4.78, 5) is 33.8. The smallest absolute Gasteiger partial charge is 0.424 e. The number of nitrogen functional groups attached to an aromatic ring is 1. The molecule has 122 valence electrons. The number of carbonyl (C=O) groups is 1. The highest BCUT2D eigenvalue weighted by atomic mass is 16.8. The number of aliphatic hydroxyl groups excluding tert-OH is 1. The van der Waals surface area contributed by atoms with Crippen LogP contribution in [0.5, 0.6) is 0 Å². The van der Waals surface area contributed by atoms with Gasteiger partial charge < -0.3 is 25.1 Å². The van der Waals surface area contributed by atoms with Crippen LogP contribution in [0.15, 0.2) is 11.1 Å². The molecule has 2 aromatic rings. The molecule has 2 fully saturated rings. The van der Waals surface area contributed by atoms with Crippen LogP contribution in [0.4, 0.5) is 10.7 Å². The molecule has 2 aromatic heterocycles. The quantitative estimate of drug-likeness (QED) is 0.583. The molecule has 4 heterocycles. The number of anilines is 1. The van der Waals surface area contributed by atoms with Crippen LogP contribution in [0.3, 0.4) is 0 Å². The Balaban J connectivity index is 1.88. The Morgan fingerprint density at radius 3 is 3.04 bits per heavy atom. The van der Waals surface area contributed by atoms with Gasteiger partial charge in [-0.15, -0.1) is 0 Å². The first-order valence-corrected chi connectivity index (χ1v) is 6.82. The van der Waals surface area contributed by atoms with Crippen LogP contribution in [-0.2, 0) is 14.2 Å². The maximum atomic E-state index is 11.9. The van der Waals surface area contributed by atoms with Crippen LogP contribution < -0.4 is 11.3 Å². The first-order chi connectivity index (χ1) is 10.9. The molecule has 0 unspecified atom stereocenters. The van der Waals surface area contributed by atoms with Gasteiger partial charge in [0, 0.05) is 0 Å². The van der Waals surface area contributed by atoms with E-state index >= 15 is 0 Å². The first kappa shape index (κ1) is 14.0. The lowest BCUT2D eigenvalue weighted by atomic mass is 9.96. The van der Waals surface area contributed by atoms with Crippen molar-refractivity contribution in [2.24, 2.45) is 0 Å². The molecule has 0 aromatic carbocycles. The van der Waals surface area contributed by atoms with Gasteiger partial charge in [-0.3, -0.25) is 14.3 Å². The maximum absolute atomic E-state index is 11.9. The third-order valence-corrected chi connectivity index (χ3v) is 4.11. The Morgan fingerprint density at radius 2 is 2.30 bits per heavy atom. The summed E-state index contributed by atoms with van der Waals surface area (Å²) in [5.41, 5.74) is 4.12. The molecule has 0 radical (unpaired) electrons. The van der Waals surface area contributed by atoms with Crippen molar-refractivity contribution in [3.8, 4) is 0 Å². The van der Waals surface area contributed by atoms with Crippen LogP contribution in [0.2, 0.25) is 0 Å². The molecule has 0 amide bonds. The first-order valence-electron chi connectivity index (χ1n) is 6.82. The second-order valence-electron chi connectivity index (χ2n) is 5.56. The second-order valence-corrected chi connectivity index (χ2v) is 5.56. The highest BCUT2D eigenvalue weighted by Crippen LogP contribution is 2.47. The number of carbonyl (C=O) groups excluding carboxylic acids is 1. The van der Waals surface area contributed by atoms with E-state index < -0.39 is 35.8 Å². The van der Waals surface area contributed by atoms with E-state index in [0.29, 0.717) is 0 Å². The number of nitrogens with zero attached hydrogens (tertiary/aromatic N) is 3. The largest absolute Gasteiger partial charge is 0.509 e. The zero-order valence-electron chi connectivity index (χ0n) is 11.9. The molecular formula is C12H13N5O6.